The van der Waals surface area contributed by atoms with Gasteiger partial charge in [-0.1, -0.05) is 0 Å². The van der Waals surface area contributed by atoms with Crippen LogP contribution in [0.5, 0.6) is 0 Å². The zero-order valence-corrected chi connectivity index (χ0v) is 16.4. The number of H-pyrrole nitrogens is 1. The van der Waals surface area contributed by atoms with Crippen molar-refractivity contribution in [3.05, 3.63) is 71.7 Å². The molecule has 0 radical (unpaired) electrons. The van der Waals surface area contributed by atoms with Crippen LogP contribution in [0.1, 0.15) is 36.6 Å². The highest BCUT2D eigenvalue weighted by molar-refractivity contribution is 5.92. The third kappa shape index (κ3) is 3.62. The number of carbonyl (C=O) groups is 1. The molecule has 0 unspecified atom stereocenters. The van der Waals surface area contributed by atoms with Crippen molar-refractivity contribution in [3.8, 4) is 11.3 Å². The Balaban J connectivity index is 1.43. The minimum Gasteiger partial charge on any atom is -0.428 e. The van der Waals surface area contributed by atoms with Crippen molar-refractivity contribution < 1.29 is 22.4 Å². The summed E-state index contributed by atoms with van der Waals surface area (Å²) in [6.45, 7) is 0. The van der Waals surface area contributed by atoms with Gasteiger partial charge in [-0.25, -0.2) is 13.2 Å². The Morgan fingerprint density at radius 3 is 2.58 bits per heavy atom. The van der Waals surface area contributed by atoms with Gasteiger partial charge in [0.1, 0.15) is 23.2 Å². The molecule has 1 fully saturated rings. The van der Waals surface area contributed by atoms with Crippen molar-refractivity contribution in [2.24, 2.45) is 5.92 Å². The van der Waals surface area contributed by atoms with Crippen LogP contribution in [0.3, 0.4) is 0 Å². The van der Waals surface area contributed by atoms with Crippen molar-refractivity contribution in [1.29, 1.82) is 0 Å². The van der Waals surface area contributed by atoms with Crippen LogP contribution in [0, 0.1) is 23.4 Å². The molecule has 4 aromatic rings. The minimum absolute atomic E-state index is 0.0349. The molecule has 2 aromatic carbocycles. The lowest BCUT2D eigenvalue weighted by Crippen LogP contribution is -2.29. The fraction of sp³-hybridized carbons (Fsp3) is 0.261. The number of halogens is 3. The maximum atomic E-state index is 14.4. The van der Waals surface area contributed by atoms with E-state index in [1.807, 2.05) is 0 Å². The first kappa shape index (κ1) is 19.5. The predicted octanol–water partition coefficient (Wildman–Crippen LogP) is 5.33. The molecular weight excluding hydrogens is 407 g/mol. The van der Waals surface area contributed by atoms with Gasteiger partial charge < -0.3 is 9.40 Å². The van der Waals surface area contributed by atoms with Crippen LogP contribution in [0.4, 0.5) is 13.2 Å². The highest BCUT2D eigenvalue weighted by atomic mass is 19.1. The second-order valence-corrected chi connectivity index (χ2v) is 7.89. The Morgan fingerprint density at radius 1 is 1.10 bits per heavy atom. The number of aromatic amines is 1. The van der Waals surface area contributed by atoms with Gasteiger partial charge in [0.25, 0.3) is 0 Å². The first-order valence-electron chi connectivity index (χ1n) is 10.0. The molecule has 5 nitrogen and oxygen atoms in total. The third-order valence-corrected chi connectivity index (χ3v) is 5.99. The third-order valence-electron chi connectivity index (χ3n) is 5.99. The number of hydrogen-bond acceptors (Lipinski definition) is 4. The Hall–Kier alpha value is -3.42. The zero-order valence-electron chi connectivity index (χ0n) is 16.4. The molecule has 2 heterocycles. The van der Waals surface area contributed by atoms with Crippen LogP contribution in [0.25, 0.3) is 22.2 Å². The first-order chi connectivity index (χ1) is 15.0. The molecule has 158 valence electrons. The number of nitrogens with one attached hydrogen (secondary N) is 1. The van der Waals surface area contributed by atoms with E-state index in [2.05, 4.69) is 15.2 Å². The smallest absolute Gasteiger partial charge is 0.216 e. The summed E-state index contributed by atoms with van der Waals surface area (Å²) in [7, 11) is 0. The molecule has 0 atom stereocenters. The molecule has 31 heavy (non-hydrogen) atoms. The summed E-state index contributed by atoms with van der Waals surface area (Å²) in [5.41, 5.74) is 2.28. The van der Waals surface area contributed by atoms with Crippen LogP contribution in [-0.4, -0.2) is 21.0 Å². The van der Waals surface area contributed by atoms with Gasteiger partial charge in [-0.2, -0.15) is 0 Å². The molecule has 2 aromatic heterocycles. The zero-order chi connectivity index (χ0) is 21.5. The molecule has 1 saturated carbocycles. The number of aryl methyl sites for hydroxylation is 1. The number of rotatable bonds is 6. The van der Waals surface area contributed by atoms with Crippen LogP contribution in [-0.2, 0) is 11.2 Å². The van der Waals surface area contributed by atoms with E-state index < -0.39 is 11.6 Å². The normalized spacial score (nSPS) is 18.3. The second-order valence-electron chi connectivity index (χ2n) is 7.89. The van der Waals surface area contributed by atoms with Gasteiger partial charge in [-0.3, -0.25) is 4.79 Å². The van der Waals surface area contributed by atoms with E-state index in [4.69, 9.17) is 4.42 Å². The number of benzene rings is 2. The van der Waals surface area contributed by atoms with E-state index in [-0.39, 0.29) is 29.0 Å². The van der Waals surface area contributed by atoms with Crippen LogP contribution in [0.2, 0.25) is 0 Å². The Morgan fingerprint density at radius 2 is 1.87 bits per heavy atom. The maximum Gasteiger partial charge on any atom is 0.216 e. The van der Waals surface area contributed by atoms with E-state index >= 15 is 0 Å². The van der Waals surface area contributed by atoms with Gasteiger partial charge in [0.15, 0.2) is 0 Å². The maximum absolute atomic E-state index is 14.4. The van der Waals surface area contributed by atoms with E-state index in [9.17, 15) is 18.0 Å². The number of nitrogens with zero attached hydrogens (tertiary/aromatic N) is 2. The average molecular weight is 425 g/mol. The number of Topliss-reactive ketones (excluding diaryl/α,β-unsaturated/α-hetero) is 1. The predicted molar refractivity (Wildman–Crippen MR) is 107 cm³/mol. The average Bonchev–Trinajstić information content (AvgIpc) is 3.35. The number of fused-ring (bicyclic) bond motifs is 1. The van der Waals surface area contributed by atoms with Crippen LogP contribution >= 0.6 is 0 Å². The Bertz CT molecular complexity index is 1240. The molecule has 0 saturated heterocycles. The second kappa shape index (κ2) is 7.68. The van der Waals surface area contributed by atoms with Gasteiger partial charge in [0, 0.05) is 30.2 Å². The summed E-state index contributed by atoms with van der Waals surface area (Å²) < 4.78 is 46.9. The molecule has 8 heteroatoms. The molecule has 0 aliphatic heterocycles. The van der Waals surface area contributed by atoms with Crippen LogP contribution in [0.15, 0.2) is 47.2 Å². The highest BCUT2D eigenvalue weighted by Crippen LogP contribution is 2.48. The Labute approximate surface area is 175 Å². The lowest BCUT2D eigenvalue weighted by molar-refractivity contribution is -0.125. The van der Waals surface area contributed by atoms with E-state index in [1.54, 1.807) is 12.1 Å². The van der Waals surface area contributed by atoms with Crippen molar-refractivity contribution >= 4 is 16.7 Å². The molecule has 0 bridgehead atoms. The van der Waals surface area contributed by atoms with Crippen LogP contribution < -0.4 is 0 Å². The lowest BCUT2D eigenvalue weighted by Gasteiger charge is -2.35. The molecule has 1 aliphatic carbocycles. The largest absolute Gasteiger partial charge is 0.428 e. The van der Waals surface area contributed by atoms with Gasteiger partial charge >= 0.3 is 0 Å². The van der Waals surface area contributed by atoms with E-state index in [0.717, 1.165) is 11.6 Å². The van der Waals surface area contributed by atoms with Crippen molar-refractivity contribution in [3.63, 3.8) is 0 Å². The van der Waals surface area contributed by atoms with Crippen molar-refractivity contribution in [1.82, 2.24) is 15.2 Å². The number of carbonyl (C=O) groups excluding carboxylic acids is 1. The number of hydrogen-bond donors (Lipinski definition) is 1. The summed E-state index contributed by atoms with van der Waals surface area (Å²) in [6, 6.07) is 8.00. The van der Waals surface area contributed by atoms with Gasteiger partial charge in [-0.05, 0) is 60.2 Å². The summed E-state index contributed by atoms with van der Waals surface area (Å²) in [6.07, 6.45) is 3.10. The monoisotopic (exact) mass is 425 g/mol. The summed E-state index contributed by atoms with van der Waals surface area (Å²) in [4.78, 5) is 15.6. The lowest BCUT2D eigenvalue weighted by atomic mass is 9.68. The SMILES string of the molecule is O=C(CCc1nnco1)C1CC(c2c(-c3ccc(F)cc3)[nH]c3c(F)cc(F)cc23)C1. The minimum atomic E-state index is -0.684. The summed E-state index contributed by atoms with van der Waals surface area (Å²) in [5.74, 6) is -1.36. The molecule has 0 spiro atoms. The fourth-order valence-corrected chi connectivity index (χ4v) is 4.36. The highest BCUT2D eigenvalue weighted by Gasteiger charge is 2.38. The van der Waals surface area contributed by atoms with E-state index in [1.165, 1.54) is 24.6 Å². The number of ketones is 1. The standard InChI is InChI=1S/C23H18F3N3O2/c24-15-3-1-12(2-4-15)22-21(17-9-16(25)10-18(26)23(17)28-22)14-7-13(8-14)19(30)5-6-20-29-27-11-31-20/h1-4,9-11,13-14,28H,5-8H2. The Kier molecular flexibility index (Phi) is 4.84. The fourth-order valence-electron chi connectivity index (χ4n) is 4.36. The molecular formula is C23H18F3N3O2. The molecule has 0 amide bonds. The van der Waals surface area contributed by atoms with Gasteiger partial charge in [0.2, 0.25) is 12.3 Å². The molecule has 1 N–H and O–H groups in total. The van der Waals surface area contributed by atoms with Gasteiger partial charge in [0.05, 0.1) is 11.2 Å². The molecule has 1 aliphatic rings. The summed E-state index contributed by atoms with van der Waals surface area (Å²) >= 11 is 0. The number of aromatic nitrogens is 3. The first-order valence-corrected chi connectivity index (χ1v) is 10.0. The molecule has 5 rings (SSSR count). The van der Waals surface area contributed by atoms with E-state index in [0.29, 0.717) is 48.2 Å². The van der Waals surface area contributed by atoms with Crippen molar-refractivity contribution in [2.75, 3.05) is 0 Å². The summed E-state index contributed by atoms with van der Waals surface area (Å²) in [5, 5.41) is 7.83. The quantitative estimate of drug-likeness (QED) is 0.453. The topological polar surface area (TPSA) is 71.8 Å². The van der Waals surface area contributed by atoms with Crippen molar-refractivity contribution in [2.45, 2.75) is 31.6 Å². The van der Waals surface area contributed by atoms with Gasteiger partial charge in [-0.15, -0.1) is 10.2 Å².